The summed E-state index contributed by atoms with van der Waals surface area (Å²) in [5.74, 6) is 0.0108. The van der Waals surface area contributed by atoms with Crippen molar-refractivity contribution in [2.24, 2.45) is 0 Å². The second-order valence-corrected chi connectivity index (χ2v) is 7.28. The van der Waals surface area contributed by atoms with Gasteiger partial charge in [-0.05, 0) is 37.6 Å². The second kappa shape index (κ2) is 9.09. The minimum atomic E-state index is -0.384. The van der Waals surface area contributed by atoms with Crippen LogP contribution in [0.4, 0.5) is 0 Å². The lowest BCUT2D eigenvalue weighted by molar-refractivity contribution is -0.124. The molecule has 9 nitrogen and oxygen atoms in total. The van der Waals surface area contributed by atoms with E-state index in [9.17, 15) is 14.9 Å². The average molecular weight is 418 g/mol. The Morgan fingerprint density at radius 2 is 2.10 bits per heavy atom. The van der Waals surface area contributed by atoms with Crippen LogP contribution in [0.5, 0.6) is 11.6 Å². The van der Waals surface area contributed by atoms with Gasteiger partial charge in [-0.1, -0.05) is 12.1 Å². The van der Waals surface area contributed by atoms with Gasteiger partial charge in [0.15, 0.2) is 5.65 Å². The summed E-state index contributed by atoms with van der Waals surface area (Å²) in [5.41, 5.74) is 1.88. The molecule has 0 bridgehead atoms. The minimum Gasteiger partial charge on any atom is -0.437 e. The molecular weight excluding hydrogens is 396 g/mol. The molecule has 1 aromatic carbocycles. The maximum absolute atomic E-state index is 12.4. The van der Waals surface area contributed by atoms with Gasteiger partial charge in [-0.25, -0.2) is 9.97 Å². The highest BCUT2D eigenvalue weighted by molar-refractivity contribution is 6.04. The molecule has 0 fully saturated rings. The Labute approximate surface area is 179 Å². The molecule has 0 aliphatic carbocycles. The molecular formula is C22H22N6O3. The summed E-state index contributed by atoms with van der Waals surface area (Å²) < 4.78 is 5.81. The molecule has 31 heavy (non-hydrogen) atoms. The summed E-state index contributed by atoms with van der Waals surface area (Å²) in [4.78, 5) is 37.4. The zero-order valence-corrected chi connectivity index (χ0v) is 17.6. The van der Waals surface area contributed by atoms with Gasteiger partial charge in [-0.15, -0.1) is 0 Å². The van der Waals surface area contributed by atoms with Crippen molar-refractivity contribution in [3.05, 3.63) is 53.4 Å². The number of nitrogens with zero attached hydrogens (tertiary/aromatic N) is 4. The summed E-state index contributed by atoms with van der Waals surface area (Å²) in [6.45, 7) is 3.75. The fraction of sp³-hybridized carbons (Fsp3) is 0.227. The maximum atomic E-state index is 12.4. The zero-order chi connectivity index (χ0) is 22.5. The van der Waals surface area contributed by atoms with Crippen LogP contribution in [0.1, 0.15) is 29.8 Å². The van der Waals surface area contributed by atoms with Crippen LogP contribution in [0.25, 0.3) is 17.2 Å². The first-order chi connectivity index (χ1) is 14.8. The quantitative estimate of drug-likeness (QED) is 0.469. The van der Waals surface area contributed by atoms with E-state index in [4.69, 9.17) is 4.74 Å². The van der Waals surface area contributed by atoms with E-state index in [1.54, 1.807) is 44.6 Å². The number of nitriles is 1. The minimum absolute atomic E-state index is 0.0106. The molecule has 2 N–H and O–H groups in total. The van der Waals surface area contributed by atoms with Crippen LogP contribution in [0.15, 0.2) is 42.2 Å². The molecule has 3 rings (SSSR count). The van der Waals surface area contributed by atoms with Crippen LogP contribution in [0.2, 0.25) is 0 Å². The van der Waals surface area contributed by atoms with Crippen LogP contribution in [0, 0.1) is 11.3 Å². The van der Waals surface area contributed by atoms with Gasteiger partial charge in [-0.3, -0.25) is 9.59 Å². The van der Waals surface area contributed by atoms with Gasteiger partial charge in [0.05, 0.1) is 11.8 Å². The smallest absolute Gasteiger partial charge is 0.264 e. The third-order valence-electron chi connectivity index (χ3n) is 4.17. The molecule has 0 saturated carbocycles. The number of carbonyl (C=O) groups excluding carboxylic acids is 2. The van der Waals surface area contributed by atoms with Crippen molar-refractivity contribution in [1.82, 2.24) is 25.2 Å². The Hall–Kier alpha value is -4.19. The topological polar surface area (TPSA) is 124 Å². The monoisotopic (exact) mass is 418 g/mol. The Bertz CT molecular complexity index is 1200. The number of rotatable bonds is 6. The maximum Gasteiger partial charge on any atom is 0.264 e. The van der Waals surface area contributed by atoms with Gasteiger partial charge >= 0.3 is 0 Å². The molecule has 0 aliphatic rings. The van der Waals surface area contributed by atoms with Gasteiger partial charge in [0, 0.05) is 26.3 Å². The van der Waals surface area contributed by atoms with Crippen molar-refractivity contribution < 1.29 is 14.3 Å². The third kappa shape index (κ3) is 5.05. The molecule has 0 unspecified atom stereocenters. The number of hydrogen-bond donors (Lipinski definition) is 2. The van der Waals surface area contributed by atoms with E-state index >= 15 is 0 Å². The zero-order valence-electron chi connectivity index (χ0n) is 17.6. The van der Waals surface area contributed by atoms with Crippen LogP contribution in [-0.4, -0.2) is 51.8 Å². The summed E-state index contributed by atoms with van der Waals surface area (Å²) >= 11 is 0. The van der Waals surface area contributed by atoms with Crippen molar-refractivity contribution in [3.8, 4) is 17.7 Å². The Balaban J connectivity index is 1.88. The largest absolute Gasteiger partial charge is 0.437 e. The van der Waals surface area contributed by atoms with E-state index in [1.807, 2.05) is 19.9 Å². The number of H-pyrrole nitrogens is 1. The highest BCUT2D eigenvalue weighted by atomic mass is 16.5. The Kier molecular flexibility index (Phi) is 6.31. The van der Waals surface area contributed by atoms with Crippen LogP contribution >= 0.6 is 0 Å². The van der Waals surface area contributed by atoms with Gasteiger partial charge < -0.3 is 19.9 Å². The van der Waals surface area contributed by atoms with Crippen molar-refractivity contribution in [3.63, 3.8) is 0 Å². The van der Waals surface area contributed by atoms with Crippen molar-refractivity contribution in [1.29, 1.82) is 5.26 Å². The number of ether oxygens (including phenoxy) is 1. The molecule has 2 heterocycles. The number of hydrogen-bond acceptors (Lipinski definition) is 6. The molecule has 2 amide bonds. The number of benzene rings is 1. The highest BCUT2D eigenvalue weighted by Crippen LogP contribution is 2.24. The molecule has 0 radical (unpaired) electrons. The van der Waals surface area contributed by atoms with E-state index in [2.05, 4.69) is 20.3 Å². The van der Waals surface area contributed by atoms with Crippen LogP contribution in [0.3, 0.4) is 0 Å². The van der Waals surface area contributed by atoms with Gasteiger partial charge in [-0.2, -0.15) is 5.26 Å². The molecule has 0 aliphatic heterocycles. The van der Waals surface area contributed by atoms with Crippen LogP contribution in [-0.2, 0) is 4.79 Å². The Morgan fingerprint density at radius 1 is 1.32 bits per heavy atom. The van der Waals surface area contributed by atoms with Crippen molar-refractivity contribution >= 4 is 29.1 Å². The fourth-order valence-electron chi connectivity index (χ4n) is 2.78. The van der Waals surface area contributed by atoms with Gasteiger partial charge in [0.25, 0.3) is 11.8 Å². The van der Waals surface area contributed by atoms with Gasteiger partial charge in [0.1, 0.15) is 22.9 Å². The number of carbonyl (C=O) groups is 2. The average Bonchev–Trinajstić information content (AvgIpc) is 3.14. The Morgan fingerprint density at radius 3 is 2.77 bits per heavy atom. The van der Waals surface area contributed by atoms with E-state index in [0.29, 0.717) is 28.0 Å². The number of nitrogens with one attached hydrogen (secondary N) is 2. The van der Waals surface area contributed by atoms with E-state index in [1.165, 1.54) is 17.2 Å². The lowest BCUT2D eigenvalue weighted by Crippen LogP contribution is -2.29. The normalized spacial score (nSPS) is 11.3. The summed E-state index contributed by atoms with van der Waals surface area (Å²) in [6, 6.07) is 8.78. The number of likely N-dealkylation sites (N-methyl/N-ethyl adjacent to an activating group) is 1. The first-order valence-corrected chi connectivity index (χ1v) is 9.55. The number of fused-ring (bicyclic) bond motifs is 1. The van der Waals surface area contributed by atoms with E-state index in [-0.39, 0.29) is 29.3 Å². The highest BCUT2D eigenvalue weighted by Gasteiger charge is 2.16. The summed E-state index contributed by atoms with van der Waals surface area (Å²) in [6.07, 6.45) is 4.50. The first-order valence-electron chi connectivity index (χ1n) is 9.55. The molecule has 9 heteroatoms. The predicted octanol–water partition coefficient (Wildman–Crippen LogP) is 2.88. The second-order valence-electron chi connectivity index (χ2n) is 7.28. The number of aromatic nitrogens is 3. The fourth-order valence-corrected chi connectivity index (χ4v) is 2.78. The lowest BCUT2D eigenvalue weighted by atomic mass is 10.1. The SMILES string of the molecule is CC(C)NC(=O)c1c[nH]c2ncc(Oc3cccc(C=C(C#N)C(=O)N(C)C)c3)nc12. The molecule has 0 saturated heterocycles. The molecule has 158 valence electrons. The van der Waals surface area contributed by atoms with E-state index in [0.717, 1.165) is 0 Å². The number of aromatic amines is 1. The molecule has 0 spiro atoms. The molecule has 3 aromatic rings. The first kappa shape index (κ1) is 21.5. The third-order valence-corrected chi connectivity index (χ3v) is 4.17. The number of amides is 2. The summed E-state index contributed by atoms with van der Waals surface area (Å²) in [5, 5.41) is 12.1. The molecule has 0 atom stereocenters. The lowest BCUT2D eigenvalue weighted by Gasteiger charge is -2.09. The summed E-state index contributed by atoms with van der Waals surface area (Å²) in [7, 11) is 3.16. The standard InChI is InChI=1S/C22H22N6O3/c1-13(2)26-21(29)17-11-24-20-19(17)27-18(12-25-20)31-16-7-5-6-14(9-16)8-15(10-23)22(30)28(3)4/h5-9,11-13H,1-4H3,(H,24,25)(H,26,29). The predicted molar refractivity (Wildman–Crippen MR) is 115 cm³/mol. The van der Waals surface area contributed by atoms with E-state index < -0.39 is 0 Å². The van der Waals surface area contributed by atoms with Crippen molar-refractivity contribution in [2.45, 2.75) is 19.9 Å². The molecule has 2 aromatic heterocycles. The van der Waals surface area contributed by atoms with Gasteiger partial charge in [0.2, 0.25) is 5.88 Å². The van der Waals surface area contributed by atoms with Crippen LogP contribution < -0.4 is 10.1 Å². The van der Waals surface area contributed by atoms with Crippen molar-refractivity contribution in [2.75, 3.05) is 14.1 Å².